The van der Waals surface area contributed by atoms with Crippen LogP contribution in [0, 0.1) is 0 Å². The van der Waals surface area contributed by atoms with Crippen molar-refractivity contribution in [3.05, 3.63) is 33.8 Å². The Labute approximate surface area is 122 Å². The number of hydrogen-bond acceptors (Lipinski definition) is 4. The van der Waals surface area contributed by atoms with Crippen molar-refractivity contribution in [3.63, 3.8) is 0 Å². The molecule has 0 bridgehead atoms. The molecule has 0 N–H and O–H groups in total. The second kappa shape index (κ2) is 8.77. The van der Waals surface area contributed by atoms with Crippen LogP contribution in [0.3, 0.4) is 0 Å². The highest BCUT2D eigenvalue weighted by Gasteiger charge is 2.02. The highest BCUT2D eigenvalue weighted by molar-refractivity contribution is 6.36. The van der Waals surface area contributed by atoms with Gasteiger partial charge in [0.15, 0.2) is 0 Å². The van der Waals surface area contributed by atoms with E-state index in [4.69, 9.17) is 32.8 Å². The van der Waals surface area contributed by atoms with Crippen LogP contribution in [0.1, 0.15) is 25.3 Å². The molecule has 0 aliphatic carbocycles. The van der Waals surface area contributed by atoms with Gasteiger partial charge in [0.25, 0.3) is 0 Å². The van der Waals surface area contributed by atoms with Gasteiger partial charge in [0, 0.05) is 10.6 Å². The van der Waals surface area contributed by atoms with Gasteiger partial charge in [0.05, 0.1) is 24.3 Å². The van der Waals surface area contributed by atoms with Crippen molar-refractivity contribution in [2.45, 2.75) is 19.8 Å². The molecule has 0 saturated heterocycles. The Hall–Kier alpha value is -1.26. The third-order valence-electron chi connectivity index (χ3n) is 2.09. The summed E-state index contributed by atoms with van der Waals surface area (Å²) in [6.07, 6.45) is 2.45. The van der Waals surface area contributed by atoms with Gasteiger partial charge >= 0.3 is 5.97 Å². The number of benzene rings is 1. The van der Waals surface area contributed by atoms with Crippen molar-refractivity contribution >= 4 is 35.4 Å². The minimum absolute atomic E-state index is 0.171. The van der Waals surface area contributed by atoms with Gasteiger partial charge in [0.1, 0.15) is 6.61 Å². The number of carbonyl (C=O) groups excluding carboxylic acids is 1. The summed E-state index contributed by atoms with van der Waals surface area (Å²) < 4.78 is 4.88. The first-order chi connectivity index (χ1) is 9.13. The molecule has 1 aromatic carbocycles. The zero-order valence-electron chi connectivity index (χ0n) is 10.6. The van der Waals surface area contributed by atoms with Crippen molar-refractivity contribution in [3.8, 4) is 0 Å². The van der Waals surface area contributed by atoms with E-state index in [2.05, 4.69) is 5.16 Å². The number of carbonyl (C=O) groups is 1. The van der Waals surface area contributed by atoms with Crippen molar-refractivity contribution in [1.82, 2.24) is 0 Å². The average molecular weight is 304 g/mol. The van der Waals surface area contributed by atoms with Crippen molar-refractivity contribution in [2.24, 2.45) is 5.16 Å². The standard InChI is InChI=1S/C13H15Cl2NO3/c1-2-6-18-13(17)5-7-19-16-9-10-3-4-11(14)8-12(10)15/h3-4,8-9H,2,5-7H2,1H3/b16-9+. The summed E-state index contributed by atoms with van der Waals surface area (Å²) >= 11 is 11.7. The minimum atomic E-state index is -0.290. The fourth-order valence-corrected chi connectivity index (χ4v) is 1.63. The van der Waals surface area contributed by atoms with E-state index >= 15 is 0 Å². The molecule has 0 amide bonds. The van der Waals surface area contributed by atoms with Crippen LogP contribution >= 0.6 is 23.2 Å². The second-order valence-electron chi connectivity index (χ2n) is 3.70. The normalized spacial score (nSPS) is 10.7. The maximum absolute atomic E-state index is 11.1. The molecule has 0 heterocycles. The Morgan fingerprint density at radius 3 is 2.84 bits per heavy atom. The zero-order valence-corrected chi connectivity index (χ0v) is 12.1. The van der Waals surface area contributed by atoms with E-state index in [0.29, 0.717) is 22.2 Å². The number of halogens is 2. The maximum atomic E-state index is 11.1. The SMILES string of the molecule is CCCOC(=O)CCO/N=C/c1ccc(Cl)cc1Cl. The summed E-state index contributed by atoms with van der Waals surface area (Å²) in [7, 11) is 0. The Bertz CT molecular complexity index is 450. The number of esters is 1. The van der Waals surface area contributed by atoms with E-state index in [0.717, 1.165) is 6.42 Å². The third-order valence-corrected chi connectivity index (χ3v) is 2.66. The highest BCUT2D eigenvalue weighted by Crippen LogP contribution is 2.19. The molecule has 0 aliphatic rings. The summed E-state index contributed by atoms with van der Waals surface area (Å²) in [4.78, 5) is 16.1. The molecular weight excluding hydrogens is 289 g/mol. The molecule has 6 heteroatoms. The molecule has 0 atom stereocenters. The fourth-order valence-electron chi connectivity index (χ4n) is 1.17. The number of ether oxygens (including phenoxy) is 1. The lowest BCUT2D eigenvalue weighted by Crippen LogP contribution is -2.07. The molecule has 0 unspecified atom stereocenters. The number of rotatable bonds is 7. The van der Waals surface area contributed by atoms with E-state index < -0.39 is 0 Å². The average Bonchev–Trinajstić information content (AvgIpc) is 2.38. The Balaban J connectivity index is 2.29. The van der Waals surface area contributed by atoms with E-state index in [9.17, 15) is 4.79 Å². The summed E-state index contributed by atoms with van der Waals surface area (Å²) in [6, 6.07) is 5.05. The van der Waals surface area contributed by atoms with Crippen LogP contribution in [-0.4, -0.2) is 25.4 Å². The smallest absolute Gasteiger partial charge is 0.309 e. The molecule has 104 valence electrons. The monoisotopic (exact) mass is 303 g/mol. The molecular formula is C13H15Cl2NO3. The van der Waals surface area contributed by atoms with Gasteiger partial charge in [-0.1, -0.05) is 41.3 Å². The summed E-state index contributed by atoms with van der Waals surface area (Å²) in [5, 5.41) is 4.77. The van der Waals surface area contributed by atoms with Crippen LogP contribution in [0.5, 0.6) is 0 Å². The van der Waals surface area contributed by atoms with Crippen LogP contribution in [0.4, 0.5) is 0 Å². The van der Waals surface area contributed by atoms with Gasteiger partial charge in [-0.05, 0) is 18.6 Å². The number of nitrogens with zero attached hydrogens (tertiary/aromatic N) is 1. The highest BCUT2D eigenvalue weighted by atomic mass is 35.5. The predicted octanol–water partition coefficient (Wildman–Crippen LogP) is 3.69. The Morgan fingerprint density at radius 2 is 2.16 bits per heavy atom. The molecule has 0 spiro atoms. The van der Waals surface area contributed by atoms with E-state index in [1.165, 1.54) is 6.21 Å². The molecule has 0 aromatic heterocycles. The fraction of sp³-hybridized carbons (Fsp3) is 0.385. The quantitative estimate of drug-likeness (QED) is 0.334. The summed E-state index contributed by atoms with van der Waals surface area (Å²) in [5.74, 6) is -0.290. The topological polar surface area (TPSA) is 47.9 Å². The largest absolute Gasteiger partial charge is 0.466 e. The predicted molar refractivity (Wildman–Crippen MR) is 75.9 cm³/mol. The second-order valence-corrected chi connectivity index (χ2v) is 4.55. The molecule has 1 rings (SSSR count). The molecule has 1 aromatic rings. The Kier molecular flexibility index (Phi) is 7.30. The van der Waals surface area contributed by atoms with E-state index in [1.807, 2.05) is 6.92 Å². The molecule has 0 aliphatic heterocycles. The van der Waals surface area contributed by atoms with E-state index in [1.54, 1.807) is 18.2 Å². The van der Waals surface area contributed by atoms with Gasteiger partial charge in [-0.2, -0.15) is 0 Å². The maximum Gasteiger partial charge on any atom is 0.309 e. The molecule has 0 radical (unpaired) electrons. The Morgan fingerprint density at radius 1 is 1.37 bits per heavy atom. The summed E-state index contributed by atoms with van der Waals surface area (Å²) in [5.41, 5.74) is 0.694. The van der Waals surface area contributed by atoms with Crippen molar-refractivity contribution < 1.29 is 14.4 Å². The van der Waals surface area contributed by atoms with Crippen LogP contribution < -0.4 is 0 Å². The van der Waals surface area contributed by atoms with Crippen molar-refractivity contribution in [1.29, 1.82) is 0 Å². The number of hydrogen-bond donors (Lipinski definition) is 0. The minimum Gasteiger partial charge on any atom is -0.466 e. The van der Waals surface area contributed by atoms with Gasteiger partial charge in [-0.15, -0.1) is 0 Å². The molecule has 19 heavy (non-hydrogen) atoms. The zero-order chi connectivity index (χ0) is 14.1. The molecule has 0 saturated carbocycles. The lowest BCUT2D eigenvalue weighted by atomic mass is 10.2. The van der Waals surface area contributed by atoms with Gasteiger partial charge < -0.3 is 9.57 Å². The third kappa shape index (κ3) is 6.45. The van der Waals surface area contributed by atoms with Gasteiger partial charge in [0.2, 0.25) is 0 Å². The van der Waals surface area contributed by atoms with Crippen molar-refractivity contribution in [2.75, 3.05) is 13.2 Å². The van der Waals surface area contributed by atoms with Gasteiger partial charge in [-0.25, -0.2) is 0 Å². The summed E-state index contributed by atoms with van der Waals surface area (Å²) in [6.45, 7) is 2.54. The van der Waals surface area contributed by atoms with Crippen LogP contribution in [0.25, 0.3) is 0 Å². The first kappa shape index (κ1) is 15.8. The molecule has 0 fully saturated rings. The van der Waals surface area contributed by atoms with Crippen LogP contribution in [0.2, 0.25) is 10.0 Å². The van der Waals surface area contributed by atoms with E-state index in [-0.39, 0.29) is 19.0 Å². The molecule has 4 nitrogen and oxygen atoms in total. The van der Waals surface area contributed by atoms with Crippen LogP contribution in [0.15, 0.2) is 23.4 Å². The number of oxime groups is 1. The van der Waals surface area contributed by atoms with Crippen LogP contribution in [-0.2, 0) is 14.4 Å². The first-order valence-corrected chi connectivity index (χ1v) is 6.65. The first-order valence-electron chi connectivity index (χ1n) is 5.89. The van der Waals surface area contributed by atoms with Gasteiger partial charge in [-0.3, -0.25) is 4.79 Å². The lowest BCUT2D eigenvalue weighted by molar-refractivity contribution is -0.144. The lowest BCUT2D eigenvalue weighted by Gasteiger charge is -2.02.